The minimum absolute atomic E-state index is 0.546. The van der Waals surface area contributed by atoms with E-state index in [0.29, 0.717) is 11.9 Å². The van der Waals surface area contributed by atoms with E-state index in [1.165, 1.54) is 5.56 Å². The maximum Gasteiger partial charge on any atom is 0.188 e. The second-order valence-corrected chi connectivity index (χ2v) is 4.67. The predicted octanol–water partition coefficient (Wildman–Crippen LogP) is 0.913. The number of nitrogens with zero attached hydrogens (tertiary/aromatic N) is 3. The molecule has 0 aromatic carbocycles. The van der Waals surface area contributed by atoms with Gasteiger partial charge in [-0.05, 0) is 24.3 Å². The Morgan fingerprint density at radius 1 is 1.59 bits per heavy atom. The number of aryl methyl sites for hydroxylation is 2. The zero-order valence-corrected chi connectivity index (χ0v) is 11.0. The van der Waals surface area contributed by atoms with E-state index in [1.54, 1.807) is 0 Å². The maximum absolute atomic E-state index is 5.73. The van der Waals surface area contributed by atoms with E-state index in [-0.39, 0.29) is 0 Å². The van der Waals surface area contributed by atoms with E-state index in [0.717, 1.165) is 25.9 Å². The van der Waals surface area contributed by atoms with Gasteiger partial charge >= 0.3 is 0 Å². The van der Waals surface area contributed by atoms with Crippen LogP contribution >= 0.6 is 0 Å². The standard InChI is InChI=1S/C12H23N5/c1-10(2)7-15-12(13)14-6-4-5-11-8-16-17(3)9-11/h8-10H,4-7H2,1-3H3,(H3,13,14,15). The van der Waals surface area contributed by atoms with Crippen molar-refractivity contribution in [1.29, 1.82) is 0 Å². The van der Waals surface area contributed by atoms with Gasteiger partial charge in [0.25, 0.3) is 0 Å². The van der Waals surface area contributed by atoms with Crippen molar-refractivity contribution in [3.63, 3.8) is 0 Å². The quantitative estimate of drug-likeness (QED) is 0.439. The lowest BCUT2D eigenvalue weighted by Gasteiger charge is -2.05. The van der Waals surface area contributed by atoms with E-state index in [2.05, 4.69) is 29.3 Å². The SMILES string of the molecule is CC(C)CN=C(N)NCCCc1cnn(C)c1. The second-order valence-electron chi connectivity index (χ2n) is 4.67. The van der Waals surface area contributed by atoms with Crippen molar-refractivity contribution in [3.8, 4) is 0 Å². The third-order valence-electron chi connectivity index (χ3n) is 2.33. The molecule has 0 amide bonds. The Morgan fingerprint density at radius 2 is 2.35 bits per heavy atom. The molecule has 0 unspecified atom stereocenters. The molecular weight excluding hydrogens is 214 g/mol. The van der Waals surface area contributed by atoms with Crippen LogP contribution in [0.25, 0.3) is 0 Å². The van der Waals surface area contributed by atoms with Gasteiger partial charge < -0.3 is 11.1 Å². The van der Waals surface area contributed by atoms with Crippen molar-refractivity contribution in [3.05, 3.63) is 18.0 Å². The number of hydrogen-bond donors (Lipinski definition) is 2. The molecule has 0 aliphatic heterocycles. The van der Waals surface area contributed by atoms with E-state index in [9.17, 15) is 0 Å². The lowest BCUT2D eigenvalue weighted by molar-refractivity contribution is 0.659. The molecule has 0 bridgehead atoms. The first-order valence-corrected chi connectivity index (χ1v) is 6.09. The normalized spacial score (nSPS) is 12.1. The molecule has 0 aliphatic carbocycles. The minimum Gasteiger partial charge on any atom is -0.370 e. The third kappa shape index (κ3) is 5.94. The van der Waals surface area contributed by atoms with Crippen LogP contribution in [0.4, 0.5) is 0 Å². The van der Waals surface area contributed by atoms with Gasteiger partial charge in [0.15, 0.2) is 5.96 Å². The molecule has 5 nitrogen and oxygen atoms in total. The summed E-state index contributed by atoms with van der Waals surface area (Å²) in [6.45, 7) is 5.88. The molecule has 0 atom stereocenters. The zero-order valence-electron chi connectivity index (χ0n) is 11.0. The van der Waals surface area contributed by atoms with E-state index in [4.69, 9.17) is 5.73 Å². The summed E-state index contributed by atoms with van der Waals surface area (Å²) in [6, 6.07) is 0. The largest absolute Gasteiger partial charge is 0.370 e. The molecule has 3 N–H and O–H groups in total. The molecule has 0 spiro atoms. The van der Waals surface area contributed by atoms with Gasteiger partial charge in [-0.15, -0.1) is 0 Å². The molecule has 1 heterocycles. The summed E-state index contributed by atoms with van der Waals surface area (Å²) in [4.78, 5) is 4.24. The fraction of sp³-hybridized carbons (Fsp3) is 0.667. The molecule has 1 aromatic rings. The average molecular weight is 237 g/mol. The number of aliphatic imine (C=N–C) groups is 1. The Balaban J connectivity index is 2.13. The molecule has 17 heavy (non-hydrogen) atoms. The number of hydrogen-bond acceptors (Lipinski definition) is 2. The molecule has 0 saturated heterocycles. The molecule has 0 fully saturated rings. The first-order chi connectivity index (χ1) is 8.08. The topological polar surface area (TPSA) is 68.2 Å². The van der Waals surface area contributed by atoms with Crippen LogP contribution in [0.3, 0.4) is 0 Å². The number of guanidine groups is 1. The maximum atomic E-state index is 5.73. The van der Waals surface area contributed by atoms with Crippen LogP contribution in [0, 0.1) is 5.92 Å². The van der Waals surface area contributed by atoms with Gasteiger partial charge in [-0.25, -0.2) is 0 Å². The van der Waals surface area contributed by atoms with Gasteiger partial charge in [-0.3, -0.25) is 9.67 Å². The lowest BCUT2D eigenvalue weighted by atomic mass is 10.2. The monoisotopic (exact) mass is 237 g/mol. The summed E-state index contributed by atoms with van der Waals surface area (Å²) in [5.74, 6) is 1.09. The molecule has 1 rings (SSSR count). The highest BCUT2D eigenvalue weighted by atomic mass is 15.2. The summed E-state index contributed by atoms with van der Waals surface area (Å²) in [6.07, 6.45) is 5.98. The van der Waals surface area contributed by atoms with Crippen LogP contribution in [0.15, 0.2) is 17.4 Å². The average Bonchev–Trinajstić information content (AvgIpc) is 2.68. The van der Waals surface area contributed by atoms with Crippen molar-refractivity contribution < 1.29 is 0 Å². The number of aromatic nitrogens is 2. The Hall–Kier alpha value is -1.52. The smallest absolute Gasteiger partial charge is 0.188 e. The van der Waals surface area contributed by atoms with Crippen molar-refractivity contribution in [2.75, 3.05) is 13.1 Å². The van der Waals surface area contributed by atoms with Gasteiger partial charge in [0.05, 0.1) is 6.20 Å². The van der Waals surface area contributed by atoms with Gasteiger partial charge in [0.1, 0.15) is 0 Å². The van der Waals surface area contributed by atoms with Crippen molar-refractivity contribution in [2.45, 2.75) is 26.7 Å². The first-order valence-electron chi connectivity index (χ1n) is 6.09. The number of nitrogens with two attached hydrogens (primary N) is 1. The molecule has 5 heteroatoms. The fourth-order valence-electron chi connectivity index (χ4n) is 1.45. The van der Waals surface area contributed by atoms with Gasteiger partial charge in [0.2, 0.25) is 0 Å². The molecule has 0 radical (unpaired) electrons. The summed E-state index contributed by atoms with van der Waals surface area (Å²) >= 11 is 0. The highest BCUT2D eigenvalue weighted by Crippen LogP contribution is 1.99. The molecule has 0 saturated carbocycles. The van der Waals surface area contributed by atoms with E-state index < -0.39 is 0 Å². The van der Waals surface area contributed by atoms with Crippen LogP contribution in [0.2, 0.25) is 0 Å². The third-order valence-corrected chi connectivity index (χ3v) is 2.33. The molecule has 0 aliphatic rings. The van der Waals surface area contributed by atoms with E-state index >= 15 is 0 Å². The molecule has 1 aromatic heterocycles. The van der Waals surface area contributed by atoms with Crippen LogP contribution in [0.5, 0.6) is 0 Å². The Bertz CT molecular complexity index is 354. The van der Waals surface area contributed by atoms with Crippen molar-refractivity contribution >= 4 is 5.96 Å². The molecular formula is C12H23N5. The fourth-order valence-corrected chi connectivity index (χ4v) is 1.45. The second kappa shape index (κ2) is 6.93. The first kappa shape index (κ1) is 13.5. The van der Waals surface area contributed by atoms with E-state index in [1.807, 2.05) is 24.1 Å². The number of rotatable bonds is 6. The predicted molar refractivity (Wildman–Crippen MR) is 70.9 cm³/mol. The van der Waals surface area contributed by atoms with Crippen LogP contribution in [-0.2, 0) is 13.5 Å². The van der Waals surface area contributed by atoms with Crippen LogP contribution < -0.4 is 11.1 Å². The minimum atomic E-state index is 0.546. The highest BCUT2D eigenvalue weighted by Gasteiger charge is 1.97. The molecule has 96 valence electrons. The number of nitrogens with one attached hydrogen (secondary N) is 1. The highest BCUT2D eigenvalue weighted by molar-refractivity contribution is 5.77. The summed E-state index contributed by atoms with van der Waals surface area (Å²) in [7, 11) is 1.93. The zero-order chi connectivity index (χ0) is 12.7. The van der Waals surface area contributed by atoms with Crippen LogP contribution in [-0.4, -0.2) is 28.8 Å². The van der Waals surface area contributed by atoms with Crippen LogP contribution in [0.1, 0.15) is 25.8 Å². The Morgan fingerprint density at radius 3 is 2.94 bits per heavy atom. The van der Waals surface area contributed by atoms with Crippen molar-refractivity contribution in [1.82, 2.24) is 15.1 Å². The van der Waals surface area contributed by atoms with Gasteiger partial charge in [-0.1, -0.05) is 13.8 Å². The summed E-state index contributed by atoms with van der Waals surface area (Å²) < 4.78 is 1.82. The van der Waals surface area contributed by atoms with Crippen molar-refractivity contribution in [2.24, 2.45) is 23.7 Å². The summed E-state index contributed by atoms with van der Waals surface area (Å²) in [5, 5.41) is 7.24. The van der Waals surface area contributed by atoms with Gasteiger partial charge in [-0.2, -0.15) is 5.10 Å². The Kier molecular flexibility index (Phi) is 5.52. The lowest BCUT2D eigenvalue weighted by Crippen LogP contribution is -2.33. The summed E-state index contributed by atoms with van der Waals surface area (Å²) in [5.41, 5.74) is 6.98. The Labute approximate surface area is 103 Å². The van der Waals surface area contributed by atoms with Gasteiger partial charge in [0, 0.05) is 26.3 Å².